The minimum atomic E-state index is -0.149. The normalized spacial score (nSPS) is 10.3. The highest BCUT2D eigenvalue weighted by atomic mass is 35.5. The van der Waals surface area contributed by atoms with Crippen molar-refractivity contribution >= 4 is 23.2 Å². The van der Waals surface area contributed by atoms with Gasteiger partial charge in [0.1, 0.15) is 0 Å². The highest BCUT2D eigenvalue weighted by Crippen LogP contribution is 2.19. The number of nitrogen functional groups attached to an aromatic ring is 1. The predicted octanol–water partition coefficient (Wildman–Crippen LogP) is 2.15. The van der Waals surface area contributed by atoms with Crippen LogP contribution in [0.1, 0.15) is 10.4 Å². The summed E-state index contributed by atoms with van der Waals surface area (Å²) in [4.78, 5) is 11.8. The number of halogens is 1. The maximum atomic E-state index is 11.8. The predicted molar refractivity (Wildman–Crippen MR) is 72.6 cm³/mol. The lowest BCUT2D eigenvalue weighted by molar-refractivity contribution is 0.0952. The van der Waals surface area contributed by atoms with Gasteiger partial charge in [0.2, 0.25) is 0 Å². The van der Waals surface area contributed by atoms with Gasteiger partial charge in [0, 0.05) is 31.0 Å². The van der Waals surface area contributed by atoms with Crippen LogP contribution in [0.4, 0.5) is 5.69 Å². The molecule has 5 heteroatoms. The van der Waals surface area contributed by atoms with Crippen LogP contribution in [0.15, 0.2) is 42.7 Å². The Bertz CT molecular complexity index is 537. The van der Waals surface area contributed by atoms with Crippen LogP contribution in [0.25, 0.3) is 0 Å². The second kappa shape index (κ2) is 5.60. The van der Waals surface area contributed by atoms with Crippen molar-refractivity contribution < 1.29 is 4.79 Å². The number of carbonyl (C=O) groups excluding carboxylic acids is 1. The molecule has 0 saturated heterocycles. The molecule has 0 atom stereocenters. The summed E-state index contributed by atoms with van der Waals surface area (Å²) in [5.41, 5.74) is 6.57. The van der Waals surface area contributed by atoms with Crippen LogP contribution in [-0.4, -0.2) is 17.0 Å². The molecule has 1 amide bonds. The van der Waals surface area contributed by atoms with Gasteiger partial charge in [0.05, 0.1) is 10.7 Å². The Morgan fingerprint density at radius 2 is 2.06 bits per heavy atom. The lowest BCUT2D eigenvalue weighted by Gasteiger charge is -2.07. The van der Waals surface area contributed by atoms with Crippen LogP contribution in [-0.2, 0) is 6.54 Å². The fourth-order valence-electron chi connectivity index (χ4n) is 1.59. The van der Waals surface area contributed by atoms with Crippen LogP contribution in [0, 0.1) is 0 Å². The summed E-state index contributed by atoms with van der Waals surface area (Å²) in [6.07, 6.45) is 3.90. The number of nitrogens with zero attached hydrogens (tertiary/aromatic N) is 1. The zero-order valence-corrected chi connectivity index (χ0v) is 10.5. The third-order valence-corrected chi connectivity index (χ3v) is 2.91. The van der Waals surface area contributed by atoms with Crippen LogP contribution >= 0.6 is 11.6 Å². The number of amides is 1. The molecule has 2 aromatic rings. The topological polar surface area (TPSA) is 60.1 Å². The largest absolute Gasteiger partial charge is 0.398 e. The molecule has 1 aromatic heterocycles. The van der Waals surface area contributed by atoms with Crippen molar-refractivity contribution in [1.82, 2.24) is 9.88 Å². The molecule has 0 unspecified atom stereocenters. The highest BCUT2D eigenvalue weighted by Gasteiger charge is 2.06. The lowest BCUT2D eigenvalue weighted by Crippen LogP contribution is -2.26. The fourth-order valence-corrected chi connectivity index (χ4v) is 1.77. The van der Waals surface area contributed by atoms with E-state index >= 15 is 0 Å². The van der Waals surface area contributed by atoms with Gasteiger partial charge < -0.3 is 15.6 Å². The molecular weight excluding hydrogens is 250 g/mol. The molecule has 4 nitrogen and oxygen atoms in total. The van der Waals surface area contributed by atoms with Crippen LogP contribution < -0.4 is 11.1 Å². The summed E-state index contributed by atoms with van der Waals surface area (Å²) in [5, 5.41) is 3.22. The molecule has 3 N–H and O–H groups in total. The Morgan fingerprint density at radius 1 is 1.33 bits per heavy atom. The van der Waals surface area contributed by atoms with Gasteiger partial charge in [-0.2, -0.15) is 0 Å². The summed E-state index contributed by atoms with van der Waals surface area (Å²) in [6.45, 7) is 1.30. The maximum absolute atomic E-state index is 11.8. The Morgan fingerprint density at radius 3 is 2.72 bits per heavy atom. The summed E-state index contributed by atoms with van der Waals surface area (Å²) in [7, 11) is 0. The van der Waals surface area contributed by atoms with Crippen LogP contribution in [0.2, 0.25) is 5.02 Å². The number of nitrogens with two attached hydrogens (primary N) is 1. The summed E-state index contributed by atoms with van der Waals surface area (Å²) in [6, 6.07) is 8.75. The van der Waals surface area contributed by atoms with E-state index in [4.69, 9.17) is 17.3 Å². The molecule has 1 heterocycles. The van der Waals surface area contributed by atoms with Gasteiger partial charge in [-0.25, -0.2) is 0 Å². The van der Waals surface area contributed by atoms with E-state index in [0.717, 1.165) is 6.54 Å². The van der Waals surface area contributed by atoms with Gasteiger partial charge in [0.25, 0.3) is 5.91 Å². The van der Waals surface area contributed by atoms with E-state index in [0.29, 0.717) is 22.8 Å². The first-order valence-electron chi connectivity index (χ1n) is 5.61. The lowest BCUT2D eigenvalue weighted by atomic mass is 10.2. The number of nitrogens with one attached hydrogen (secondary N) is 1. The van der Waals surface area contributed by atoms with Gasteiger partial charge in [0.15, 0.2) is 0 Å². The molecule has 0 spiro atoms. The zero-order valence-electron chi connectivity index (χ0n) is 9.77. The number of carbonyl (C=O) groups is 1. The van der Waals surface area contributed by atoms with Crippen molar-refractivity contribution in [3.8, 4) is 0 Å². The van der Waals surface area contributed by atoms with Crippen molar-refractivity contribution in [2.24, 2.45) is 0 Å². The number of benzene rings is 1. The van der Waals surface area contributed by atoms with Gasteiger partial charge in [-0.1, -0.05) is 11.6 Å². The Balaban J connectivity index is 1.89. The van der Waals surface area contributed by atoms with E-state index in [9.17, 15) is 4.79 Å². The summed E-state index contributed by atoms with van der Waals surface area (Å²) in [5.74, 6) is -0.149. The first-order valence-corrected chi connectivity index (χ1v) is 5.98. The molecule has 2 rings (SSSR count). The summed E-state index contributed by atoms with van der Waals surface area (Å²) < 4.78 is 2.00. The third-order valence-electron chi connectivity index (χ3n) is 2.58. The minimum Gasteiger partial charge on any atom is -0.398 e. The van der Waals surface area contributed by atoms with Crippen molar-refractivity contribution in [1.29, 1.82) is 0 Å². The Hall–Kier alpha value is -1.94. The van der Waals surface area contributed by atoms with Gasteiger partial charge in [-0.3, -0.25) is 4.79 Å². The smallest absolute Gasteiger partial charge is 0.251 e. The average Bonchev–Trinajstić information content (AvgIpc) is 2.85. The van der Waals surface area contributed by atoms with Gasteiger partial charge >= 0.3 is 0 Å². The number of hydrogen-bond acceptors (Lipinski definition) is 2. The Labute approximate surface area is 110 Å². The molecule has 18 heavy (non-hydrogen) atoms. The quantitative estimate of drug-likeness (QED) is 0.831. The third kappa shape index (κ3) is 3.05. The van der Waals surface area contributed by atoms with E-state index in [-0.39, 0.29) is 5.91 Å². The number of anilines is 1. The van der Waals surface area contributed by atoms with Crippen LogP contribution in [0.5, 0.6) is 0 Å². The van der Waals surface area contributed by atoms with Crippen molar-refractivity contribution in [2.45, 2.75) is 6.54 Å². The average molecular weight is 264 g/mol. The van der Waals surface area contributed by atoms with E-state index in [1.165, 1.54) is 0 Å². The minimum absolute atomic E-state index is 0.149. The number of hydrogen-bond donors (Lipinski definition) is 2. The van der Waals surface area contributed by atoms with Gasteiger partial charge in [-0.05, 0) is 30.3 Å². The maximum Gasteiger partial charge on any atom is 0.251 e. The van der Waals surface area contributed by atoms with Gasteiger partial charge in [-0.15, -0.1) is 0 Å². The second-order valence-corrected chi connectivity index (χ2v) is 4.32. The molecule has 0 fully saturated rings. The van der Waals surface area contributed by atoms with Crippen molar-refractivity contribution in [3.05, 3.63) is 53.3 Å². The molecule has 0 radical (unpaired) electrons. The van der Waals surface area contributed by atoms with Crippen LogP contribution in [0.3, 0.4) is 0 Å². The van der Waals surface area contributed by atoms with Crippen molar-refractivity contribution in [2.75, 3.05) is 12.3 Å². The first-order chi connectivity index (χ1) is 8.66. The fraction of sp³-hybridized carbons (Fsp3) is 0.154. The number of aromatic nitrogens is 1. The SMILES string of the molecule is Nc1ccc(C(=O)NCCn2cccc2)cc1Cl. The Kier molecular flexibility index (Phi) is 3.89. The van der Waals surface area contributed by atoms with E-state index in [2.05, 4.69) is 5.32 Å². The molecule has 0 saturated carbocycles. The summed E-state index contributed by atoms with van der Waals surface area (Å²) >= 11 is 5.86. The monoisotopic (exact) mass is 263 g/mol. The molecule has 94 valence electrons. The highest BCUT2D eigenvalue weighted by molar-refractivity contribution is 6.33. The van der Waals surface area contributed by atoms with Crippen molar-refractivity contribution in [3.63, 3.8) is 0 Å². The number of rotatable bonds is 4. The molecule has 0 aliphatic heterocycles. The first kappa shape index (κ1) is 12.5. The second-order valence-electron chi connectivity index (χ2n) is 3.91. The molecular formula is C13H14ClN3O. The molecule has 1 aromatic carbocycles. The van der Waals surface area contributed by atoms with E-state index in [1.807, 2.05) is 29.1 Å². The standard InChI is InChI=1S/C13H14ClN3O/c14-11-9-10(3-4-12(11)15)13(18)16-5-8-17-6-1-2-7-17/h1-4,6-7,9H,5,8,15H2,(H,16,18). The zero-order chi connectivity index (χ0) is 13.0. The molecule has 0 bridgehead atoms. The van der Waals surface area contributed by atoms with E-state index < -0.39 is 0 Å². The molecule has 0 aliphatic carbocycles. The molecule has 0 aliphatic rings. The van der Waals surface area contributed by atoms with E-state index in [1.54, 1.807) is 18.2 Å².